The predicted octanol–water partition coefficient (Wildman–Crippen LogP) is 3.69. The van der Waals surface area contributed by atoms with Crippen LogP contribution in [0.3, 0.4) is 0 Å². The molecule has 0 bridgehead atoms. The van der Waals surface area contributed by atoms with E-state index in [2.05, 4.69) is 5.32 Å². The van der Waals surface area contributed by atoms with Crippen LogP contribution in [0.2, 0.25) is 0 Å². The highest BCUT2D eigenvalue weighted by molar-refractivity contribution is 5.94. The monoisotopic (exact) mass is 305 g/mol. The van der Waals surface area contributed by atoms with Crippen LogP contribution in [0.4, 0.5) is 0 Å². The minimum Gasteiger partial charge on any atom is -0.453 e. The van der Waals surface area contributed by atoms with E-state index in [0.717, 1.165) is 11.1 Å². The second kappa shape index (κ2) is 6.75. The fraction of sp³-hybridized carbons (Fsp3) is 0.0526. The van der Waals surface area contributed by atoms with E-state index < -0.39 is 0 Å². The third kappa shape index (κ3) is 3.55. The Morgan fingerprint density at radius 2 is 1.70 bits per heavy atom. The van der Waals surface area contributed by atoms with Crippen molar-refractivity contribution in [1.82, 2.24) is 5.32 Å². The maximum atomic E-state index is 12.1. The Kier molecular flexibility index (Phi) is 4.34. The van der Waals surface area contributed by atoms with Gasteiger partial charge in [0.2, 0.25) is 0 Å². The Balaban J connectivity index is 1.66. The van der Waals surface area contributed by atoms with Crippen LogP contribution in [0, 0.1) is 0 Å². The average Bonchev–Trinajstić information content (AvgIpc) is 3.10. The predicted molar refractivity (Wildman–Crippen MR) is 87.1 cm³/mol. The zero-order chi connectivity index (χ0) is 16.1. The van der Waals surface area contributed by atoms with E-state index in [1.54, 1.807) is 36.4 Å². The van der Waals surface area contributed by atoms with Crippen LogP contribution >= 0.6 is 0 Å². The largest absolute Gasteiger partial charge is 0.453 e. The summed E-state index contributed by atoms with van der Waals surface area (Å²) >= 11 is 0. The summed E-state index contributed by atoms with van der Waals surface area (Å²) < 4.78 is 5.36. The van der Waals surface area contributed by atoms with Crippen LogP contribution in [-0.4, -0.2) is 12.2 Å². The minimum atomic E-state index is -0.131. The molecule has 0 radical (unpaired) electrons. The normalized spacial score (nSPS) is 10.3. The highest BCUT2D eigenvalue weighted by Gasteiger charge is 2.08. The van der Waals surface area contributed by atoms with Crippen LogP contribution in [0.1, 0.15) is 26.5 Å². The van der Waals surface area contributed by atoms with Gasteiger partial charge >= 0.3 is 0 Å². The number of carbonyl (C=O) groups is 2. The molecule has 3 aromatic rings. The Hall–Kier alpha value is -3.14. The van der Waals surface area contributed by atoms with Crippen LogP contribution < -0.4 is 5.32 Å². The maximum absolute atomic E-state index is 12.1. The summed E-state index contributed by atoms with van der Waals surface area (Å²) in [7, 11) is 0. The molecule has 2 aromatic carbocycles. The van der Waals surface area contributed by atoms with E-state index in [1.165, 1.54) is 0 Å². The molecular formula is C19H15NO3. The molecule has 0 fully saturated rings. The van der Waals surface area contributed by atoms with E-state index >= 15 is 0 Å². The van der Waals surface area contributed by atoms with Crippen LogP contribution in [0.15, 0.2) is 71.1 Å². The number of amides is 1. The molecule has 0 aliphatic heterocycles. The van der Waals surface area contributed by atoms with Crippen LogP contribution in [0.5, 0.6) is 0 Å². The van der Waals surface area contributed by atoms with Gasteiger partial charge in [-0.2, -0.15) is 0 Å². The molecule has 1 amide bonds. The van der Waals surface area contributed by atoms with Gasteiger partial charge in [-0.05, 0) is 29.8 Å². The average molecular weight is 305 g/mol. The molecule has 1 aromatic heterocycles. The molecular weight excluding hydrogens is 290 g/mol. The number of nitrogens with one attached hydrogen (secondary N) is 1. The molecule has 0 aliphatic rings. The van der Waals surface area contributed by atoms with Crippen molar-refractivity contribution < 1.29 is 14.0 Å². The number of aldehydes is 1. The Morgan fingerprint density at radius 3 is 2.35 bits per heavy atom. The molecule has 0 aliphatic carbocycles. The lowest BCUT2D eigenvalue weighted by Crippen LogP contribution is -2.22. The van der Waals surface area contributed by atoms with E-state index in [9.17, 15) is 9.59 Å². The number of rotatable bonds is 5. The Labute approximate surface area is 133 Å². The molecule has 0 saturated carbocycles. The van der Waals surface area contributed by atoms with Gasteiger partial charge in [0.15, 0.2) is 12.0 Å². The summed E-state index contributed by atoms with van der Waals surface area (Å²) in [5, 5.41) is 2.88. The summed E-state index contributed by atoms with van der Waals surface area (Å²) in [5.41, 5.74) is 2.44. The van der Waals surface area contributed by atoms with Gasteiger partial charge in [0.1, 0.15) is 5.76 Å². The molecule has 23 heavy (non-hydrogen) atoms. The van der Waals surface area contributed by atoms with Gasteiger partial charge < -0.3 is 9.73 Å². The minimum absolute atomic E-state index is 0.131. The second-order valence-corrected chi connectivity index (χ2v) is 5.07. The summed E-state index contributed by atoms with van der Waals surface area (Å²) in [6.45, 7) is 0.488. The lowest BCUT2D eigenvalue weighted by molar-refractivity contribution is 0.0950. The molecule has 3 rings (SSSR count). The first kappa shape index (κ1) is 14.8. The van der Waals surface area contributed by atoms with Gasteiger partial charge in [-0.3, -0.25) is 9.59 Å². The lowest BCUT2D eigenvalue weighted by Gasteiger charge is -2.06. The number of hydrogen-bond donors (Lipinski definition) is 1. The topological polar surface area (TPSA) is 59.3 Å². The first-order chi connectivity index (χ1) is 11.3. The van der Waals surface area contributed by atoms with Gasteiger partial charge in [-0.25, -0.2) is 0 Å². The summed E-state index contributed by atoms with van der Waals surface area (Å²) in [5.74, 6) is 0.751. The third-order valence-corrected chi connectivity index (χ3v) is 3.47. The van der Waals surface area contributed by atoms with Crippen molar-refractivity contribution in [2.24, 2.45) is 0 Å². The van der Waals surface area contributed by atoms with Gasteiger partial charge in [-0.1, -0.05) is 42.5 Å². The van der Waals surface area contributed by atoms with Crippen molar-refractivity contribution in [2.45, 2.75) is 6.54 Å². The van der Waals surface area contributed by atoms with Gasteiger partial charge in [0.25, 0.3) is 5.91 Å². The van der Waals surface area contributed by atoms with Crippen molar-refractivity contribution in [1.29, 1.82) is 0 Å². The quantitative estimate of drug-likeness (QED) is 0.731. The molecule has 0 saturated heterocycles. The van der Waals surface area contributed by atoms with Crippen molar-refractivity contribution in [3.05, 3.63) is 83.6 Å². The zero-order valence-electron chi connectivity index (χ0n) is 12.4. The molecule has 4 heteroatoms. The Morgan fingerprint density at radius 1 is 0.957 bits per heavy atom. The van der Waals surface area contributed by atoms with Crippen molar-refractivity contribution in [3.8, 4) is 11.3 Å². The zero-order valence-corrected chi connectivity index (χ0v) is 12.4. The first-order valence-electron chi connectivity index (χ1n) is 7.24. The maximum Gasteiger partial charge on any atom is 0.251 e. The summed E-state index contributed by atoms with van der Waals surface area (Å²) in [4.78, 5) is 22.8. The number of carbonyl (C=O) groups excluding carboxylic acids is 2. The van der Waals surface area contributed by atoms with E-state index in [0.29, 0.717) is 24.2 Å². The molecule has 0 unspecified atom stereocenters. The highest BCUT2D eigenvalue weighted by atomic mass is 16.3. The first-order valence-corrected chi connectivity index (χ1v) is 7.24. The smallest absolute Gasteiger partial charge is 0.251 e. The number of hydrogen-bond acceptors (Lipinski definition) is 3. The molecule has 114 valence electrons. The second-order valence-electron chi connectivity index (χ2n) is 5.07. The van der Waals surface area contributed by atoms with Gasteiger partial charge in [0, 0.05) is 17.7 Å². The van der Waals surface area contributed by atoms with E-state index in [4.69, 9.17) is 4.42 Å². The van der Waals surface area contributed by atoms with Crippen LogP contribution in [0.25, 0.3) is 11.3 Å². The fourth-order valence-electron chi connectivity index (χ4n) is 2.24. The number of benzene rings is 2. The fourth-order valence-corrected chi connectivity index (χ4v) is 2.24. The third-order valence-electron chi connectivity index (χ3n) is 3.47. The summed E-state index contributed by atoms with van der Waals surface area (Å²) in [6, 6.07) is 20.1. The van der Waals surface area contributed by atoms with E-state index in [1.807, 2.05) is 30.3 Å². The van der Waals surface area contributed by atoms with Crippen molar-refractivity contribution in [2.75, 3.05) is 0 Å². The summed E-state index contributed by atoms with van der Waals surface area (Å²) in [6.07, 6.45) is 0.662. The van der Waals surface area contributed by atoms with E-state index in [-0.39, 0.29) is 11.7 Å². The molecule has 0 atom stereocenters. The van der Waals surface area contributed by atoms with Crippen molar-refractivity contribution in [3.63, 3.8) is 0 Å². The van der Waals surface area contributed by atoms with Crippen LogP contribution in [-0.2, 0) is 6.54 Å². The molecule has 1 heterocycles. The lowest BCUT2D eigenvalue weighted by atomic mass is 10.1. The number of furan rings is 1. The van der Waals surface area contributed by atoms with Gasteiger partial charge in [-0.15, -0.1) is 0 Å². The molecule has 1 N–H and O–H groups in total. The van der Waals surface area contributed by atoms with Crippen molar-refractivity contribution >= 4 is 12.2 Å². The van der Waals surface area contributed by atoms with Gasteiger partial charge in [0.05, 0.1) is 0 Å². The standard InChI is InChI=1S/C19H15NO3/c21-13-17-10-11-18(23-17)15-6-8-16(9-7-15)19(22)20-12-14-4-2-1-3-5-14/h1-11,13H,12H2,(H,20,22). The highest BCUT2D eigenvalue weighted by Crippen LogP contribution is 2.22. The molecule has 0 spiro atoms. The SMILES string of the molecule is O=Cc1ccc(-c2ccc(C(=O)NCc3ccccc3)cc2)o1. The Bertz CT molecular complexity index is 804. The molecule has 4 nitrogen and oxygen atoms in total.